The lowest BCUT2D eigenvalue weighted by Crippen LogP contribution is -2.42. The number of para-hydroxylation sites is 1. The number of nitrogens with zero attached hydrogens (tertiary/aromatic N) is 2. The maximum atomic E-state index is 12.5. The number of ether oxygens (including phenoxy) is 1. The highest BCUT2D eigenvalue weighted by Gasteiger charge is 2.24. The summed E-state index contributed by atoms with van der Waals surface area (Å²) in [6, 6.07) is 12.8. The Hall–Kier alpha value is -2.56. The molecule has 1 aromatic heterocycles. The molecule has 1 aromatic carbocycles. The first-order valence-corrected chi connectivity index (χ1v) is 7.81. The van der Waals surface area contributed by atoms with Crippen molar-refractivity contribution in [1.82, 2.24) is 9.47 Å². The van der Waals surface area contributed by atoms with Gasteiger partial charge in [0, 0.05) is 45.2 Å². The summed E-state index contributed by atoms with van der Waals surface area (Å²) in [5.41, 5.74) is 0.436. The summed E-state index contributed by atoms with van der Waals surface area (Å²) in [6.45, 7) is 1.33. The standard InChI is InChI=1S/C18H20N2O3/c1-19-13-14(7-8-17(19)21)18(22)20-11-9-16(10-12-20)23-15-5-3-2-4-6-15/h2-8,13,16H,9-12H2,1H3. The van der Waals surface area contributed by atoms with Crippen molar-refractivity contribution < 1.29 is 9.53 Å². The minimum absolute atomic E-state index is 0.0289. The number of pyridine rings is 1. The Morgan fingerprint density at radius 3 is 2.43 bits per heavy atom. The van der Waals surface area contributed by atoms with Crippen LogP contribution < -0.4 is 10.3 Å². The molecule has 1 aliphatic rings. The molecule has 0 atom stereocenters. The van der Waals surface area contributed by atoms with Gasteiger partial charge >= 0.3 is 0 Å². The average Bonchev–Trinajstić information content (AvgIpc) is 2.58. The third kappa shape index (κ3) is 3.62. The molecule has 0 bridgehead atoms. The van der Waals surface area contributed by atoms with Crippen molar-refractivity contribution in [3.8, 4) is 5.75 Å². The van der Waals surface area contributed by atoms with Crippen LogP contribution in [0.3, 0.4) is 0 Å². The van der Waals surface area contributed by atoms with Crippen LogP contribution in [-0.2, 0) is 7.05 Å². The lowest BCUT2D eigenvalue weighted by Gasteiger charge is -2.32. The molecule has 2 aromatic rings. The average molecular weight is 312 g/mol. The third-order valence-corrected chi connectivity index (χ3v) is 4.11. The molecule has 3 rings (SSSR count). The second-order valence-corrected chi connectivity index (χ2v) is 5.79. The number of rotatable bonds is 3. The molecule has 1 fully saturated rings. The van der Waals surface area contributed by atoms with E-state index in [-0.39, 0.29) is 17.6 Å². The number of carbonyl (C=O) groups is 1. The first kappa shape index (κ1) is 15.3. The maximum absolute atomic E-state index is 12.5. The summed E-state index contributed by atoms with van der Waals surface area (Å²) in [6.07, 6.45) is 3.36. The predicted octanol–water partition coefficient (Wildman–Crippen LogP) is 2.07. The first-order chi connectivity index (χ1) is 11.1. The third-order valence-electron chi connectivity index (χ3n) is 4.11. The van der Waals surface area contributed by atoms with Crippen molar-refractivity contribution in [3.63, 3.8) is 0 Å². The van der Waals surface area contributed by atoms with Crippen molar-refractivity contribution in [2.75, 3.05) is 13.1 Å². The lowest BCUT2D eigenvalue weighted by molar-refractivity contribution is 0.0595. The van der Waals surface area contributed by atoms with E-state index >= 15 is 0 Å². The minimum Gasteiger partial charge on any atom is -0.490 e. The molecule has 5 nitrogen and oxygen atoms in total. The second kappa shape index (κ2) is 6.69. The summed E-state index contributed by atoms with van der Waals surface area (Å²) in [5.74, 6) is 0.842. The topological polar surface area (TPSA) is 51.5 Å². The van der Waals surface area contributed by atoms with Gasteiger partial charge in [-0.05, 0) is 18.2 Å². The van der Waals surface area contributed by atoms with Crippen molar-refractivity contribution in [2.45, 2.75) is 18.9 Å². The van der Waals surface area contributed by atoms with E-state index in [9.17, 15) is 9.59 Å². The van der Waals surface area contributed by atoms with Crippen LogP contribution in [0.1, 0.15) is 23.2 Å². The summed E-state index contributed by atoms with van der Waals surface area (Å²) in [7, 11) is 1.65. The molecule has 1 amide bonds. The van der Waals surface area contributed by atoms with Crippen molar-refractivity contribution in [1.29, 1.82) is 0 Å². The molecule has 0 saturated carbocycles. The molecule has 2 heterocycles. The van der Waals surface area contributed by atoms with E-state index in [0.717, 1.165) is 18.6 Å². The smallest absolute Gasteiger partial charge is 0.255 e. The molecule has 1 aliphatic heterocycles. The normalized spacial score (nSPS) is 15.4. The van der Waals surface area contributed by atoms with E-state index in [1.807, 2.05) is 35.2 Å². The molecule has 120 valence electrons. The fraction of sp³-hybridized carbons (Fsp3) is 0.333. The van der Waals surface area contributed by atoms with Gasteiger partial charge in [-0.1, -0.05) is 18.2 Å². The van der Waals surface area contributed by atoms with E-state index in [1.54, 1.807) is 19.3 Å². The zero-order valence-electron chi connectivity index (χ0n) is 13.1. The van der Waals surface area contributed by atoms with Gasteiger partial charge in [0.05, 0.1) is 5.56 Å². The highest BCUT2D eigenvalue weighted by atomic mass is 16.5. The van der Waals surface area contributed by atoms with Crippen molar-refractivity contribution in [2.24, 2.45) is 7.05 Å². The Bertz CT molecular complexity index is 731. The van der Waals surface area contributed by atoms with Crippen molar-refractivity contribution in [3.05, 3.63) is 64.6 Å². The van der Waals surface area contributed by atoms with Crippen LogP contribution in [-0.4, -0.2) is 34.6 Å². The monoisotopic (exact) mass is 312 g/mol. The molecule has 1 saturated heterocycles. The summed E-state index contributed by atoms with van der Waals surface area (Å²) in [4.78, 5) is 25.7. The van der Waals surface area contributed by atoms with Gasteiger partial charge in [-0.3, -0.25) is 9.59 Å². The number of likely N-dealkylation sites (tertiary alicyclic amines) is 1. The number of piperidine rings is 1. The van der Waals surface area contributed by atoms with Crippen LogP contribution in [0.5, 0.6) is 5.75 Å². The van der Waals surface area contributed by atoms with Crippen LogP contribution in [0.25, 0.3) is 0 Å². The van der Waals surface area contributed by atoms with E-state index < -0.39 is 0 Å². The lowest BCUT2D eigenvalue weighted by atomic mass is 10.1. The van der Waals surface area contributed by atoms with Gasteiger partial charge in [0.2, 0.25) is 5.56 Å². The molecular weight excluding hydrogens is 292 g/mol. The fourth-order valence-electron chi connectivity index (χ4n) is 2.77. The molecule has 23 heavy (non-hydrogen) atoms. The zero-order valence-corrected chi connectivity index (χ0v) is 13.1. The Balaban J connectivity index is 1.59. The Kier molecular flexibility index (Phi) is 4.46. The summed E-state index contributed by atoms with van der Waals surface area (Å²) >= 11 is 0. The molecular formula is C18H20N2O3. The molecule has 0 radical (unpaired) electrons. The molecule has 5 heteroatoms. The predicted molar refractivity (Wildman–Crippen MR) is 87.7 cm³/mol. The molecule has 0 aliphatic carbocycles. The Morgan fingerprint density at radius 1 is 1.09 bits per heavy atom. The Morgan fingerprint density at radius 2 is 1.78 bits per heavy atom. The number of carbonyl (C=O) groups excluding carboxylic acids is 1. The van der Waals surface area contributed by atoms with Gasteiger partial charge < -0.3 is 14.2 Å². The van der Waals surface area contributed by atoms with Crippen molar-refractivity contribution >= 4 is 5.91 Å². The van der Waals surface area contributed by atoms with E-state index in [4.69, 9.17) is 4.74 Å². The second-order valence-electron chi connectivity index (χ2n) is 5.79. The zero-order chi connectivity index (χ0) is 16.2. The number of hydrogen-bond acceptors (Lipinski definition) is 3. The van der Waals surface area contributed by atoms with Gasteiger partial charge in [0.25, 0.3) is 5.91 Å². The number of hydrogen-bond donors (Lipinski definition) is 0. The number of benzene rings is 1. The maximum Gasteiger partial charge on any atom is 0.255 e. The SMILES string of the molecule is Cn1cc(C(=O)N2CCC(Oc3ccccc3)CC2)ccc1=O. The van der Waals surface area contributed by atoms with Crippen LogP contribution in [0, 0.1) is 0 Å². The molecule has 0 N–H and O–H groups in total. The van der Waals surface area contributed by atoms with Crippen LogP contribution in [0.2, 0.25) is 0 Å². The number of amides is 1. The fourth-order valence-corrected chi connectivity index (χ4v) is 2.77. The summed E-state index contributed by atoms with van der Waals surface area (Å²) < 4.78 is 7.37. The van der Waals surface area contributed by atoms with Gasteiger partial charge in [-0.15, -0.1) is 0 Å². The Labute approximate surface area is 135 Å². The molecule has 0 spiro atoms. The van der Waals surface area contributed by atoms with Crippen LogP contribution in [0.4, 0.5) is 0 Å². The van der Waals surface area contributed by atoms with Gasteiger partial charge in [-0.25, -0.2) is 0 Å². The molecule has 0 unspecified atom stereocenters. The van der Waals surface area contributed by atoms with E-state index in [0.29, 0.717) is 18.7 Å². The van der Waals surface area contributed by atoms with Crippen LogP contribution in [0.15, 0.2) is 53.5 Å². The number of aryl methyl sites for hydroxylation is 1. The number of aromatic nitrogens is 1. The van der Waals surface area contributed by atoms with E-state index in [2.05, 4.69) is 0 Å². The first-order valence-electron chi connectivity index (χ1n) is 7.81. The largest absolute Gasteiger partial charge is 0.490 e. The summed E-state index contributed by atoms with van der Waals surface area (Å²) in [5, 5.41) is 0. The highest BCUT2D eigenvalue weighted by Crippen LogP contribution is 2.19. The van der Waals surface area contributed by atoms with Gasteiger partial charge in [0.15, 0.2) is 0 Å². The quantitative estimate of drug-likeness (QED) is 0.872. The highest BCUT2D eigenvalue weighted by molar-refractivity contribution is 5.93. The van der Waals surface area contributed by atoms with Gasteiger partial charge in [0.1, 0.15) is 11.9 Å². The van der Waals surface area contributed by atoms with E-state index in [1.165, 1.54) is 10.6 Å². The van der Waals surface area contributed by atoms with Gasteiger partial charge in [-0.2, -0.15) is 0 Å². The minimum atomic E-state index is -0.114. The van der Waals surface area contributed by atoms with Crippen LogP contribution >= 0.6 is 0 Å².